The van der Waals surface area contributed by atoms with Gasteiger partial charge in [-0.2, -0.15) is 0 Å². The highest BCUT2D eigenvalue weighted by Crippen LogP contribution is 2.24. The summed E-state index contributed by atoms with van der Waals surface area (Å²) in [5.74, 6) is -14.0. The molecule has 0 N–H and O–H groups in total. The van der Waals surface area contributed by atoms with Gasteiger partial charge >= 0.3 is 0 Å². The first-order chi connectivity index (χ1) is 9.72. The van der Waals surface area contributed by atoms with E-state index in [1.165, 1.54) is 0 Å². The molecule has 0 aliphatic rings. The molecule has 2 nitrogen and oxygen atoms in total. The molecule has 1 amide bonds. The van der Waals surface area contributed by atoms with Gasteiger partial charge in [-0.25, -0.2) is 30.7 Å². The Morgan fingerprint density at radius 3 is 1.76 bits per heavy atom. The van der Waals surface area contributed by atoms with Crippen LogP contribution in [0.1, 0.15) is 10.4 Å². The molecule has 0 saturated heterocycles. The Morgan fingerprint density at radius 1 is 0.952 bits per heavy atom. The number of hydrogen-bond acceptors (Lipinski definition) is 1. The van der Waals surface area contributed by atoms with Crippen molar-refractivity contribution in [3.05, 3.63) is 34.6 Å². The molecule has 0 aliphatic heterocycles. The van der Waals surface area contributed by atoms with E-state index in [4.69, 9.17) is 11.6 Å². The Hall–Kier alpha value is -1.51. The normalized spacial score (nSPS) is 11.1. The highest BCUT2D eigenvalue weighted by Gasteiger charge is 2.32. The minimum absolute atomic E-state index is 0.204. The number of halogens is 8. The molecular formula is C11H7ClF7NO. The van der Waals surface area contributed by atoms with Gasteiger partial charge in [-0.15, -0.1) is 11.6 Å². The average Bonchev–Trinajstić information content (AvgIpc) is 2.42. The zero-order chi connectivity index (χ0) is 16.3. The fraction of sp³-hybridized carbons (Fsp3) is 0.364. The van der Waals surface area contributed by atoms with Gasteiger partial charge in [-0.1, -0.05) is 0 Å². The summed E-state index contributed by atoms with van der Waals surface area (Å²) in [5.41, 5.74) is -1.79. The predicted molar refractivity (Wildman–Crippen MR) is 58.9 cm³/mol. The maximum Gasteiger partial charge on any atom is 0.260 e. The number of benzene rings is 1. The number of carbonyl (C=O) groups excluding carboxylic acids is 1. The van der Waals surface area contributed by atoms with Crippen LogP contribution in [0.5, 0.6) is 0 Å². The monoisotopic (exact) mass is 337 g/mol. The van der Waals surface area contributed by atoms with Crippen LogP contribution in [-0.4, -0.2) is 36.2 Å². The van der Waals surface area contributed by atoms with Crippen LogP contribution in [0.15, 0.2) is 0 Å². The Balaban J connectivity index is 3.34. The van der Waals surface area contributed by atoms with E-state index in [1.807, 2.05) is 0 Å². The van der Waals surface area contributed by atoms with Crippen LogP contribution in [0.25, 0.3) is 0 Å². The van der Waals surface area contributed by atoms with Gasteiger partial charge in [-0.05, 0) is 0 Å². The molecule has 0 saturated carbocycles. The van der Waals surface area contributed by atoms with E-state index in [0.717, 1.165) is 0 Å². The molecule has 0 spiro atoms. The second-order valence-corrected chi connectivity index (χ2v) is 4.15. The third-order valence-electron chi connectivity index (χ3n) is 2.42. The molecule has 0 bridgehead atoms. The highest BCUT2D eigenvalue weighted by molar-refractivity contribution is 6.18. The smallest absolute Gasteiger partial charge is 0.260 e. The minimum atomic E-state index is -3.07. The van der Waals surface area contributed by atoms with Crippen molar-refractivity contribution in [1.29, 1.82) is 0 Å². The van der Waals surface area contributed by atoms with Crippen molar-refractivity contribution < 1.29 is 35.5 Å². The summed E-state index contributed by atoms with van der Waals surface area (Å²) < 4.78 is 90.1. The van der Waals surface area contributed by atoms with Crippen LogP contribution in [-0.2, 0) is 0 Å². The Labute approximate surface area is 119 Å². The van der Waals surface area contributed by atoms with Crippen molar-refractivity contribution in [1.82, 2.24) is 4.90 Å². The first-order valence-corrected chi connectivity index (χ1v) is 5.90. The number of rotatable bonds is 5. The lowest BCUT2D eigenvalue weighted by Crippen LogP contribution is -2.38. The Bertz CT molecular complexity index is 523. The molecule has 0 aromatic heterocycles. The molecule has 10 heteroatoms. The number of amides is 1. The van der Waals surface area contributed by atoms with E-state index in [1.54, 1.807) is 0 Å². The van der Waals surface area contributed by atoms with Gasteiger partial charge in [0.15, 0.2) is 23.3 Å². The number of alkyl halides is 3. The van der Waals surface area contributed by atoms with Gasteiger partial charge in [0.2, 0.25) is 5.82 Å². The zero-order valence-corrected chi connectivity index (χ0v) is 10.8. The molecule has 0 aliphatic carbocycles. The van der Waals surface area contributed by atoms with Crippen LogP contribution in [0.2, 0.25) is 0 Å². The molecule has 0 fully saturated rings. The van der Waals surface area contributed by atoms with E-state index in [0.29, 0.717) is 0 Å². The average molecular weight is 338 g/mol. The number of hydrogen-bond donors (Lipinski definition) is 0. The van der Waals surface area contributed by atoms with E-state index in [-0.39, 0.29) is 10.8 Å². The fourth-order valence-corrected chi connectivity index (χ4v) is 1.70. The van der Waals surface area contributed by atoms with Crippen LogP contribution < -0.4 is 0 Å². The second kappa shape index (κ2) is 6.97. The topological polar surface area (TPSA) is 20.3 Å². The van der Waals surface area contributed by atoms with Gasteiger partial charge in [0.25, 0.3) is 12.3 Å². The molecular weight excluding hydrogens is 331 g/mol. The van der Waals surface area contributed by atoms with Gasteiger partial charge in [-0.3, -0.25) is 4.79 Å². The lowest BCUT2D eigenvalue weighted by molar-refractivity contribution is 0.0559. The molecule has 1 rings (SSSR count). The molecule has 1 aromatic carbocycles. The van der Waals surface area contributed by atoms with Crippen LogP contribution in [0.4, 0.5) is 30.7 Å². The van der Waals surface area contributed by atoms with Crippen molar-refractivity contribution in [2.24, 2.45) is 0 Å². The summed E-state index contributed by atoms with van der Waals surface area (Å²) in [4.78, 5) is 11.9. The second-order valence-electron chi connectivity index (χ2n) is 3.78. The van der Waals surface area contributed by atoms with Gasteiger partial charge in [0.05, 0.1) is 6.54 Å². The van der Waals surface area contributed by atoms with E-state index >= 15 is 0 Å². The molecule has 0 unspecified atom stereocenters. The van der Waals surface area contributed by atoms with E-state index in [9.17, 15) is 35.5 Å². The molecule has 0 radical (unpaired) electrons. The number of carbonyl (C=O) groups is 1. The van der Waals surface area contributed by atoms with Crippen molar-refractivity contribution in [3.63, 3.8) is 0 Å². The number of nitrogens with zero attached hydrogens (tertiary/aromatic N) is 1. The third-order valence-corrected chi connectivity index (χ3v) is 2.59. The highest BCUT2D eigenvalue weighted by atomic mass is 35.5. The zero-order valence-electron chi connectivity index (χ0n) is 10.1. The Morgan fingerprint density at radius 2 is 1.38 bits per heavy atom. The summed E-state index contributed by atoms with van der Waals surface area (Å²) >= 11 is 5.24. The summed E-state index contributed by atoms with van der Waals surface area (Å²) in [6.07, 6.45) is -3.07. The maximum atomic E-state index is 13.4. The van der Waals surface area contributed by atoms with Crippen LogP contribution in [0, 0.1) is 29.1 Å². The Kier molecular flexibility index (Phi) is 5.82. The lowest BCUT2D eigenvalue weighted by atomic mass is 10.1. The van der Waals surface area contributed by atoms with Crippen LogP contribution in [0.3, 0.4) is 0 Å². The van der Waals surface area contributed by atoms with Gasteiger partial charge in [0, 0.05) is 12.4 Å². The first kappa shape index (κ1) is 17.5. The first-order valence-electron chi connectivity index (χ1n) is 5.37. The van der Waals surface area contributed by atoms with E-state index < -0.39 is 60.1 Å². The SMILES string of the molecule is O=C(c1c(F)c(F)c(F)c(F)c1F)N(CCCl)CC(F)F. The minimum Gasteiger partial charge on any atom is -0.332 e. The van der Waals surface area contributed by atoms with Crippen molar-refractivity contribution in [2.75, 3.05) is 19.0 Å². The molecule has 21 heavy (non-hydrogen) atoms. The fourth-order valence-electron chi connectivity index (χ4n) is 1.50. The van der Waals surface area contributed by atoms with Crippen molar-refractivity contribution in [3.8, 4) is 0 Å². The lowest BCUT2D eigenvalue weighted by Gasteiger charge is -2.22. The van der Waals surface area contributed by atoms with Gasteiger partial charge in [0.1, 0.15) is 5.56 Å². The van der Waals surface area contributed by atoms with Gasteiger partial charge < -0.3 is 4.90 Å². The largest absolute Gasteiger partial charge is 0.332 e. The third kappa shape index (κ3) is 3.58. The predicted octanol–water partition coefficient (Wildman–Crippen LogP) is 3.33. The summed E-state index contributed by atoms with van der Waals surface area (Å²) in [5, 5.41) is 0. The van der Waals surface area contributed by atoms with Crippen LogP contribution >= 0.6 is 11.6 Å². The van der Waals surface area contributed by atoms with Crippen molar-refractivity contribution in [2.45, 2.75) is 6.43 Å². The standard InChI is InChI=1S/C11H7ClF7NO/c12-1-2-20(3-4(13)14)11(21)5-6(15)8(17)10(19)9(18)7(5)16/h4H,1-3H2. The maximum absolute atomic E-state index is 13.4. The molecule has 1 aromatic rings. The molecule has 118 valence electrons. The molecule has 0 heterocycles. The summed E-state index contributed by atoms with van der Waals surface area (Å²) in [6, 6.07) is 0. The van der Waals surface area contributed by atoms with Crippen molar-refractivity contribution >= 4 is 17.5 Å². The molecule has 0 atom stereocenters. The quantitative estimate of drug-likeness (QED) is 0.349. The summed E-state index contributed by atoms with van der Waals surface area (Å²) in [7, 11) is 0. The summed E-state index contributed by atoms with van der Waals surface area (Å²) in [6.45, 7) is -1.81. The van der Waals surface area contributed by atoms with E-state index in [2.05, 4.69) is 0 Å².